The van der Waals surface area contributed by atoms with Crippen LogP contribution in [0.15, 0.2) is 18.2 Å². The minimum Gasteiger partial charge on any atom is -0.325 e. The molecule has 0 saturated heterocycles. The number of carbonyl (C=O) groups is 1. The number of amides is 1. The zero-order valence-corrected chi connectivity index (χ0v) is 9.79. The number of thiazole rings is 1. The molecule has 1 aromatic heterocycles. The summed E-state index contributed by atoms with van der Waals surface area (Å²) in [5.41, 5.74) is 1.53. The summed E-state index contributed by atoms with van der Waals surface area (Å²) < 4.78 is 1.43. The van der Waals surface area contributed by atoms with Gasteiger partial charge in [0.1, 0.15) is 5.88 Å². The Morgan fingerprint density at radius 1 is 1.53 bits per heavy atom. The van der Waals surface area contributed by atoms with E-state index in [9.17, 15) is 4.79 Å². The van der Waals surface area contributed by atoms with Crippen LogP contribution in [0, 0.1) is 0 Å². The average molecular weight is 261 g/mol. The summed E-state index contributed by atoms with van der Waals surface area (Å²) in [6, 6.07) is 5.40. The van der Waals surface area contributed by atoms with Gasteiger partial charge in [0.05, 0.1) is 10.2 Å². The van der Waals surface area contributed by atoms with Crippen LogP contribution in [0.3, 0.4) is 0 Å². The van der Waals surface area contributed by atoms with E-state index in [1.165, 1.54) is 11.3 Å². The van der Waals surface area contributed by atoms with Gasteiger partial charge in [0.15, 0.2) is 4.47 Å². The molecule has 3 nitrogen and oxygen atoms in total. The molecule has 0 saturated carbocycles. The lowest BCUT2D eigenvalue weighted by molar-refractivity contribution is -0.113. The first-order valence-corrected chi connectivity index (χ1v) is 5.84. The van der Waals surface area contributed by atoms with Crippen LogP contribution in [0.5, 0.6) is 0 Å². The average Bonchev–Trinajstić information content (AvgIpc) is 2.57. The van der Waals surface area contributed by atoms with Crippen molar-refractivity contribution in [3.05, 3.63) is 22.7 Å². The molecule has 6 heteroatoms. The third-order valence-corrected chi connectivity index (χ3v) is 3.13. The van der Waals surface area contributed by atoms with E-state index in [1.807, 2.05) is 12.1 Å². The molecule has 0 fully saturated rings. The third-order valence-electron chi connectivity index (χ3n) is 1.77. The van der Waals surface area contributed by atoms with Crippen molar-refractivity contribution in [2.24, 2.45) is 0 Å². The topological polar surface area (TPSA) is 42.0 Å². The molecule has 0 aliphatic carbocycles. The summed E-state index contributed by atoms with van der Waals surface area (Å²) >= 11 is 12.5. The number of nitrogens with zero attached hydrogens (tertiary/aromatic N) is 1. The van der Waals surface area contributed by atoms with Crippen molar-refractivity contribution in [1.29, 1.82) is 0 Å². The summed E-state index contributed by atoms with van der Waals surface area (Å²) in [6.45, 7) is 0. The standard InChI is InChI=1S/C9H6Cl2N2OS/c10-4-8(14)12-5-1-2-6-7(3-5)15-9(11)13-6/h1-3H,4H2,(H,12,14). The number of hydrogen-bond donors (Lipinski definition) is 1. The van der Waals surface area contributed by atoms with Gasteiger partial charge in [-0.15, -0.1) is 22.9 Å². The summed E-state index contributed by atoms with van der Waals surface area (Å²) in [7, 11) is 0. The highest BCUT2D eigenvalue weighted by atomic mass is 35.5. The molecule has 2 aromatic rings. The number of halogens is 2. The number of fused-ring (bicyclic) bond motifs is 1. The lowest BCUT2D eigenvalue weighted by Crippen LogP contribution is -2.12. The van der Waals surface area contributed by atoms with Gasteiger partial charge in [-0.25, -0.2) is 4.98 Å². The van der Waals surface area contributed by atoms with Crippen molar-refractivity contribution < 1.29 is 4.79 Å². The van der Waals surface area contributed by atoms with Crippen LogP contribution in [-0.2, 0) is 4.79 Å². The van der Waals surface area contributed by atoms with Crippen LogP contribution in [0.4, 0.5) is 5.69 Å². The van der Waals surface area contributed by atoms with Gasteiger partial charge in [-0.05, 0) is 18.2 Å². The summed E-state index contributed by atoms with van der Waals surface area (Å²) in [5.74, 6) is -0.284. The van der Waals surface area contributed by atoms with E-state index in [-0.39, 0.29) is 11.8 Å². The monoisotopic (exact) mass is 260 g/mol. The zero-order chi connectivity index (χ0) is 10.8. The SMILES string of the molecule is O=C(CCl)Nc1ccc2nc(Cl)sc2c1. The predicted molar refractivity (Wildman–Crippen MR) is 64.0 cm³/mol. The largest absolute Gasteiger partial charge is 0.325 e. The highest BCUT2D eigenvalue weighted by molar-refractivity contribution is 7.22. The predicted octanol–water partition coefficient (Wildman–Crippen LogP) is 3.13. The van der Waals surface area contributed by atoms with Crippen LogP contribution >= 0.6 is 34.5 Å². The second-order valence-electron chi connectivity index (χ2n) is 2.83. The van der Waals surface area contributed by atoms with Gasteiger partial charge in [-0.2, -0.15) is 0 Å². The Labute approximate surface area is 100 Å². The lowest BCUT2D eigenvalue weighted by Gasteiger charge is -2.01. The molecular formula is C9H6Cl2N2OS. The third kappa shape index (κ3) is 2.40. The summed E-state index contributed by atoms with van der Waals surface area (Å²) in [6.07, 6.45) is 0. The van der Waals surface area contributed by atoms with Crippen molar-refractivity contribution in [1.82, 2.24) is 4.98 Å². The van der Waals surface area contributed by atoms with Crippen LogP contribution in [0.25, 0.3) is 10.2 Å². The Kier molecular flexibility index (Phi) is 3.09. The number of hydrogen-bond acceptors (Lipinski definition) is 3. The first-order chi connectivity index (χ1) is 7.19. The van der Waals surface area contributed by atoms with Gasteiger partial charge >= 0.3 is 0 Å². The van der Waals surface area contributed by atoms with Gasteiger partial charge in [0.2, 0.25) is 5.91 Å². The molecule has 0 radical (unpaired) electrons. The van der Waals surface area contributed by atoms with E-state index < -0.39 is 0 Å². The van der Waals surface area contributed by atoms with Crippen LogP contribution < -0.4 is 5.32 Å². The number of alkyl halides is 1. The Morgan fingerprint density at radius 2 is 2.33 bits per heavy atom. The second-order valence-corrected chi connectivity index (χ2v) is 4.71. The zero-order valence-electron chi connectivity index (χ0n) is 7.46. The molecule has 1 heterocycles. The quantitative estimate of drug-likeness (QED) is 0.844. The molecule has 0 bridgehead atoms. The van der Waals surface area contributed by atoms with E-state index in [4.69, 9.17) is 23.2 Å². The van der Waals surface area contributed by atoms with Gasteiger partial charge in [-0.1, -0.05) is 11.6 Å². The van der Waals surface area contributed by atoms with Crippen molar-refractivity contribution >= 4 is 56.3 Å². The minimum atomic E-state index is -0.230. The Bertz CT molecular complexity index is 512. The van der Waals surface area contributed by atoms with E-state index in [0.717, 1.165) is 10.2 Å². The van der Waals surface area contributed by atoms with E-state index in [1.54, 1.807) is 6.07 Å². The Hall–Kier alpha value is -0.840. The minimum absolute atomic E-state index is 0.0541. The lowest BCUT2D eigenvalue weighted by atomic mass is 10.3. The Balaban J connectivity index is 2.33. The fraction of sp³-hybridized carbons (Fsp3) is 0.111. The highest BCUT2D eigenvalue weighted by Gasteiger charge is 2.04. The van der Waals surface area contributed by atoms with Crippen LogP contribution in [0.1, 0.15) is 0 Å². The first-order valence-electron chi connectivity index (χ1n) is 4.11. The second kappa shape index (κ2) is 4.35. The van der Waals surface area contributed by atoms with Crippen molar-refractivity contribution in [3.63, 3.8) is 0 Å². The van der Waals surface area contributed by atoms with Gasteiger partial charge in [-0.3, -0.25) is 4.79 Å². The molecule has 1 aromatic carbocycles. The molecule has 0 aliphatic heterocycles. The maximum Gasteiger partial charge on any atom is 0.239 e. The summed E-state index contributed by atoms with van der Waals surface area (Å²) in [4.78, 5) is 15.1. The van der Waals surface area contributed by atoms with Gasteiger partial charge in [0, 0.05) is 5.69 Å². The number of nitrogens with one attached hydrogen (secondary N) is 1. The smallest absolute Gasteiger partial charge is 0.239 e. The van der Waals surface area contributed by atoms with Crippen molar-refractivity contribution in [2.75, 3.05) is 11.2 Å². The van der Waals surface area contributed by atoms with Crippen molar-refractivity contribution in [3.8, 4) is 0 Å². The van der Waals surface area contributed by atoms with Gasteiger partial charge in [0.25, 0.3) is 0 Å². The maximum atomic E-state index is 11.0. The number of benzene rings is 1. The highest BCUT2D eigenvalue weighted by Crippen LogP contribution is 2.27. The maximum absolute atomic E-state index is 11.0. The van der Waals surface area contributed by atoms with E-state index in [2.05, 4.69) is 10.3 Å². The van der Waals surface area contributed by atoms with Gasteiger partial charge < -0.3 is 5.32 Å². The molecule has 1 amide bonds. The van der Waals surface area contributed by atoms with E-state index in [0.29, 0.717) is 10.2 Å². The normalized spacial score (nSPS) is 10.5. The first kappa shape index (κ1) is 10.7. The molecule has 0 unspecified atom stereocenters. The molecule has 1 N–H and O–H groups in total. The van der Waals surface area contributed by atoms with Crippen molar-refractivity contribution in [2.45, 2.75) is 0 Å². The summed E-state index contributed by atoms with van der Waals surface area (Å²) in [5, 5.41) is 2.66. The van der Waals surface area contributed by atoms with Crippen LogP contribution in [-0.4, -0.2) is 16.8 Å². The number of aromatic nitrogens is 1. The fourth-order valence-electron chi connectivity index (χ4n) is 1.17. The Morgan fingerprint density at radius 3 is 3.07 bits per heavy atom. The molecule has 0 atom stereocenters. The molecule has 0 spiro atoms. The molecule has 15 heavy (non-hydrogen) atoms. The number of carbonyl (C=O) groups excluding carboxylic acids is 1. The molecule has 78 valence electrons. The fourth-order valence-corrected chi connectivity index (χ4v) is 2.31. The van der Waals surface area contributed by atoms with E-state index >= 15 is 0 Å². The van der Waals surface area contributed by atoms with Crippen LogP contribution in [0.2, 0.25) is 4.47 Å². The molecule has 2 rings (SSSR count). The number of rotatable bonds is 2. The molecular weight excluding hydrogens is 255 g/mol. The number of anilines is 1. The molecule has 0 aliphatic rings.